The molecule has 0 amide bonds. The van der Waals surface area contributed by atoms with Gasteiger partial charge >= 0.3 is 0 Å². The minimum absolute atomic E-state index is 0.0954. The highest BCUT2D eigenvalue weighted by Crippen LogP contribution is 2.19. The fourth-order valence-corrected chi connectivity index (χ4v) is 1.97. The van der Waals surface area contributed by atoms with E-state index in [2.05, 4.69) is 40.9 Å². The molecule has 0 saturated carbocycles. The van der Waals surface area contributed by atoms with Crippen LogP contribution in [0.1, 0.15) is 79.1 Å². The summed E-state index contributed by atoms with van der Waals surface area (Å²) in [6.45, 7) is 15.6. The van der Waals surface area contributed by atoms with E-state index in [0.29, 0.717) is 0 Å². The number of hydrogen-bond donors (Lipinski definition) is 0. The molecule has 0 atom stereocenters. The maximum Gasteiger partial charge on any atom is 0.0626 e. The second-order valence-electron chi connectivity index (χ2n) is 5.06. The van der Waals surface area contributed by atoms with Crippen LogP contribution in [0, 0.1) is 0 Å². The van der Waals surface area contributed by atoms with E-state index < -0.39 is 0 Å². The molecule has 0 rings (SSSR count). The zero-order valence-electron chi connectivity index (χ0n) is 12.7. The lowest BCUT2D eigenvalue weighted by atomic mass is 9.99. The molecule has 0 radical (unpaired) electrons. The zero-order chi connectivity index (χ0) is 13.6. The second-order valence-corrected chi connectivity index (χ2v) is 5.06. The minimum Gasteiger partial charge on any atom is -0.376 e. The van der Waals surface area contributed by atoms with Crippen LogP contribution in [0.5, 0.6) is 0 Å². The Morgan fingerprint density at radius 2 is 1.29 bits per heavy atom. The first-order chi connectivity index (χ1) is 8.12. The Hall–Kier alpha value is -0.300. The van der Waals surface area contributed by atoms with Crippen molar-refractivity contribution in [3.05, 3.63) is 13.2 Å². The van der Waals surface area contributed by atoms with Gasteiger partial charge in [0.15, 0.2) is 0 Å². The van der Waals surface area contributed by atoms with E-state index in [4.69, 9.17) is 4.74 Å². The van der Waals surface area contributed by atoms with E-state index in [9.17, 15) is 0 Å². The molecule has 104 valence electrons. The number of hydrogen-bond acceptors (Lipinski definition) is 1. The van der Waals surface area contributed by atoms with Gasteiger partial charge in [-0.1, -0.05) is 51.9 Å². The van der Waals surface area contributed by atoms with Gasteiger partial charge in [0.1, 0.15) is 0 Å². The SMILES string of the molecule is C=C.CCCCCCCCCC(C)(C)OCC. The topological polar surface area (TPSA) is 9.23 Å². The fraction of sp³-hybridized carbons (Fsp3) is 0.875. The van der Waals surface area contributed by atoms with Crippen molar-refractivity contribution < 1.29 is 4.74 Å². The number of rotatable bonds is 10. The van der Waals surface area contributed by atoms with Gasteiger partial charge in [-0.25, -0.2) is 0 Å². The van der Waals surface area contributed by atoms with Gasteiger partial charge in [-0.15, -0.1) is 13.2 Å². The van der Waals surface area contributed by atoms with Crippen LogP contribution in [-0.2, 0) is 4.74 Å². The summed E-state index contributed by atoms with van der Waals surface area (Å²) >= 11 is 0. The Labute approximate surface area is 110 Å². The second kappa shape index (κ2) is 13.8. The van der Waals surface area contributed by atoms with Crippen LogP contribution in [0.25, 0.3) is 0 Å². The molecule has 0 aromatic heterocycles. The van der Waals surface area contributed by atoms with Crippen LogP contribution in [0.3, 0.4) is 0 Å². The lowest BCUT2D eigenvalue weighted by Gasteiger charge is -2.24. The molecule has 0 bridgehead atoms. The van der Waals surface area contributed by atoms with Gasteiger partial charge in [-0.3, -0.25) is 0 Å². The van der Waals surface area contributed by atoms with Crippen LogP contribution in [0.15, 0.2) is 13.2 Å². The molecule has 0 aliphatic rings. The Morgan fingerprint density at radius 1 is 0.824 bits per heavy atom. The third kappa shape index (κ3) is 15.7. The van der Waals surface area contributed by atoms with Gasteiger partial charge in [-0.05, 0) is 27.2 Å². The van der Waals surface area contributed by atoms with Crippen molar-refractivity contribution in [2.24, 2.45) is 0 Å². The smallest absolute Gasteiger partial charge is 0.0626 e. The summed E-state index contributed by atoms with van der Waals surface area (Å²) in [7, 11) is 0. The summed E-state index contributed by atoms with van der Waals surface area (Å²) < 4.78 is 5.67. The Bertz CT molecular complexity index is 140. The van der Waals surface area contributed by atoms with Gasteiger partial charge in [0.25, 0.3) is 0 Å². The predicted octanol–water partition coefficient (Wildman–Crippen LogP) is 5.74. The summed E-state index contributed by atoms with van der Waals surface area (Å²) in [5, 5.41) is 0. The normalized spacial score (nSPS) is 10.8. The van der Waals surface area contributed by atoms with Gasteiger partial charge in [0.2, 0.25) is 0 Å². The van der Waals surface area contributed by atoms with E-state index in [1.54, 1.807) is 0 Å². The van der Waals surface area contributed by atoms with E-state index >= 15 is 0 Å². The zero-order valence-corrected chi connectivity index (χ0v) is 12.7. The van der Waals surface area contributed by atoms with Gasteiger partial charge in [-0.2, -0.15) is 0 Å². The molecule has 0 heterocycles. The first kappa shape index (κ1) is 19.0. The largest absolute Gasteiger partial charge is 0.376 e. The van der Waals surface area contributed by atoms with E-state index in [-0.39, 0.29) is 5.60 Å². The molecule has 0 saturated heterocycles. The van der Waals surface area contributed by atoms with Crippen molar-refractivity contribution >= 4 is 0 Å². The number of ether oxygens (including phenoxy) is 1. The van der Waals surface area contributed by atoms with Crippen molar-refractivity contribution in [3.63, 3.8) is 0 Å². The molecule has 0 spiro atoms. The van der Waals surface area contributed by atoms with Crippen molar-refractivity contribution in [3.8, 4) is 0 Å². The maximum absolute atomic E-state index is 5.67. The third-order valence-electron chi connectivity index (χ3n) is 2.92. The van der Waals surface area contributed by atoms with E-state index in [0.717, 1.165) is 6.61 Å². The Kier molecular flexibility index (Phi) is 15.4. The van der Waals surface area contributed by atoms with E-state index in [1.807, 2.05) is 0 Å². The van der Waals surface area contributed by atoms with Crippen LogP contribution in [-0.4, -0.2) is 12.2 Å². The van der Waals surface area contributed by atoms with Crippen molar-refractivity contribution in [1.29, 1.82) is 0 Å². The molecule has 0 aromatic rings. The average molecular weight is 242 g/mol. The molecule has 0 unspecified atom stereocenters. The third-order valence-corrected chi connectivity index (χ3v) is 2.92. The summed E-state index contributed by atoms with van der Waals surface area (Å²) in [6.07, 6.45) is 10.9. The molecular formula is C16H34O. The fourth-order valence-electron chi connectivity index (χ4n) is 1.97. The highest BCUT2D eigenvalue weighted by molar-refractivity contribution is 4.67. The van der Waals surface area contributed by atoms with E-state index in [1.165, 1.54) is 51.4 Å². The Morgan fingerprint density at radius 3 is 1.76 bits per heavy atom. The molecule has 17 heavy (non-hydrogen) atoms. The molecule has 0 aliphatic heterocycles. The lowest BCUT2D eigenvalue weighted by molar-refractivity contribution is -0.0177. The highest BCUT2D eigenvalue weighted by Gasteiger charge is 2.16. The first-order valence-electron chi connectivity index (χ1n) is 7.26. The van der Waals surface area contributed by atoms with Crippen molar-refractivity contribution in [2.75, 3.05) is 6.61 Å². The van der Waals surface area contributed by atoms with Crippen LogP contribution >= 0.6 is 0 Å². The molecular weight excluding hydrogens is 208 g/mol. The summed E-state index contributed by atoms with van der Waals surface area (Å²) in [6, 6.07) is 0. The van der Waals surface area contributed by atoms with Crippen molar-refractivity contribution in [2.45, 2.75) is 84.7 Å². The lowest BCUT2D eigenvalue weighted by Crippen LogP contribution is -2.23. The molecule has 0 aliphatic carbocycles. The quantitative estimate of drug-likeness (QED) is 0.350. The van der Waals surface area contributed by atoms with Gasteiger partial charge in [0.05, 0.1) is 5.60 Å². The molecule has 0 N–H and O–H groups in total. The molecule has 1 nitrogen and oxygen atoms in total. The molecule has 0 aromatic carbocycles. The number of unbranched alkanes of at least 4 members (excludes halogenated alkanes) is 6. The Balaban J connectivity index is 0. The van der Waals surface area contributed by atoms with Crippen LogP contribution < -0.4 is 0 Å². The van der Waals surface area contributed by atoms with Crippen molar-refractivity contribution in [1.82, 2.24) is 0 Å². The summed E-state index contributed by atoms with van der Waals surface area (Å²) in [5.74, 6) is 0. The summed E-state index contributed by atoms with van der Waals surface area (Å²) in [4.78, 5) is 0. The maximum atomic E-state index is 5.67. The molecule has 1 heteroatoms. The predicted molar refractivity (Wildman–Crippen MR) is 79.6 cm³/mol. The average Bonchev–Trinajstić information content (AvgIpc) is 2.30. The van der Waals surface area contributed by atoms with Crippen LogP contribution in [0.2, 0.25) is 0 Å². The first-order valence-corrected chi connectivity index (χ1v) is 7.26. The van der Waals surface area contributed by atoms with Gasteiger partial charge < -0.3 is 4.74 Å². The highest BCUT2D eigenvalue weighted by atomic mass is 16.5. The van der Waals surface area contributed by atoms with Crippen LogP contribution in [0.4, 0.5) is 0 Å². The summed E-state index contributed by atoms with van der Waals surface area (Å²) in [5.41, 5.74) is 0.0954. The molecule has 0 fully saturated rings. The standard InChI is InChI=1S/C14H30O.C2H4/c1-5-7-8-9-10-11-12-13-14(3,4)15-6-2;1-2/h5-13H2,1-4H3;1-2H2. The minimum atomic E-state index is 0.0954. The van der Waals surface area contributed by atoms with Gasteiger partial charge in [0, 0.05) is 6.61 Å². The monoisotopic (exact) mass is 242 g/mol.